The van der Waals surface area contributed by atoms with Gasteiger partial charge in [0.1, 0.15) is 12.9 Å². The molecule has 4 heteroatoms. The Hall–Kier alpha value is -0.450. The van der Waals surface area contributed by atoms with E-state index in [2.05, 4.69) is 0 Å². The first-order valence-corrected chi connectivity index (χ1v) is 4.88. The van der Waals surface area contributed by atoms with Crippen LogP contribution in [0.4, 0.5) is 0 Å². The summed E-state index contributed by atoms with van der Waals surface area (Å²) in [5.74, 6) is 0. The molecule has 0 aliphatic rings. The summed E-state index contributed by atoms with van der Waals surface area (Å²) in [5, 5.41) is 0. The lowest BCUT2D eigenvalue weighted by atomic mass is 10.4. The molecule has 0 bridgehead atoms. The third kappa shape index (κ3) is 8.16. The molecule has 0 rings (SSSR count). The van der Waals surface area contributed by atoms with E-state index in [1.54, 1.807) is 0 Å². The first-order chi connectivity index (χ1) is 6.56. The third-order valence-corrected chi connectivity index (χ3v) is 1.29. The molecule has 0 aliphatic heterocycles. The Balaban J connectivity index is 3.77. The number of rotatable bonds is 8. The number of carbonyl (C=O) groups is 1. The maximum Gasteiger partial charge on any atom is 0.181 e. The molecule has 0 N–H and O–H groups in total. The lowest BCUT2D eigenvalue weighted by molar-refractivity contribution is -0.204. The molecule has 0 aromatic carbocycles. The van der Waals surface area contributed by atoms with E-state index in [4.69, 9.17) is 14.2 Å². The average Bonchev–Trinajstić information content (AvgIpc) is 2.02. The van der Waals surface area contributed by atoms with E-state index in [1.807, 2.05) is 27.7 Å². The SMILES string of the molecule is CC(C)OC(COCC=O)OC(C)C. The van der Waals surface area contributed by atoms with Crippen molar-refractivity contribution in [1.29, 1.82) is 0 Å². The Morgan fingerprint density at radius 3 is 1.93 bits per heavy atom. The van der Waals surface area contributed by atoms with Gasteiger partial charge in [0, 0.05) is 0 Å². The van der Waals surface area contributed by atoms with Crippen LogP contribution in [0.2, 0.25) is 0 Å². The Morgan fingerprint density at radius 2 is 1.57 bits per heavy atom. The second-order valence-corrected chi connectivity index (χ2v) is 3.50. The molecule has 84 valence electrons. The van der Waals surface area contributed by atoms with Gasteiger partial charge in [-0.05, 0) is 27.7 Å². The second-order valence-electron chi connectivity index (χ2n) is 3.50. The first kappa shape index (κ1) is 13.5. The third-order valence-electron chi connectivity index (χ3n) is 1.29. The van der Waals surface area contributed by atoms with E-state index in [1.165, 1.54) is 0 Å². The fourth-order valence-corrected chi connectivity index (χ4v) is 0.930. The Morgan fingerprint density at radius 1 is 1.07 bits per heavy atom. The number of hydrogen-bond donors (Lipinski definition) is 0. The molecular weight excluding hydrogens is 184 g/mol. The lowest BCUT2D eigenvalue weighted by Crippen LogP contribution is -2.29. The maximum atomic E-state index is 10.0. The van der Waals surface area contributed by atoms with Crippen LogP contribution >= 0.6 is 0 Å². The van der Waals surface area contributed by atoms with Crippen LogP contribution < -0.4 is 0 Å². The van der Waals surface area contributed by atoms with Gasteiger partial charge in [-0.25, -0.2) is 0 Å². The minimum Gasteiger partial charge on any atom is -0.369 e. The predicted molar refractivity (Wildman–Crippen MR) is 53.1 cm³/mol. The van der Waals surface area contributed by atoms with Crippen LogP contribution in [0.15, 0.2) is 0 Å². The summed E-state index contributed by atoms with van der Waals surface area (Å²) in [6, 6.07) is 0. The van der Waals surface area contributed by atoms with E-state index in [0.29, 0.717) is 6.29 Å². The molecule has 0 saturated carbocycles. The van der Waals surface area contributed by atoms with Crippen molar-refractivity contribution in [2.75, 3.05) is 13.2 Å². The maximum absolute atomic E-state index is 10.0. The molecule has 0 aromatic rings. The zero-order valence-electron chi connectivity index (χ0n) is 9.36. The Bertz CT molecular complexity index is 135. The summed E-state index contributed by atoms with van der Waals surface area (Å²) in [6.45, 7) is 8.08. The van der Waals surface area contributed by atoms with Crippen molar-refractivity contribution in [2.45, 2.75) is 46.2 Å². The summed E-state index contributed by atoms with van der Waals surface area (Å²) >= 11 is 0. The highest BCUT2D eigenvalue weighted by Gasteiger charge is 2.13. The number of ether oxygens (including phenoxy) is 3. The molecule has 14 heavy (non-hydrogen) atoms. The van der Waals surface area contributed by atoms with Crippen molar-refractivity contribution in [1.82, 2.24) is 0 Å². The van der Waals surface area contributed by atoms with Crippen LogP contribution in [0.25, 0.3) is 0 Å². The smallest absolute Gasteiger partial charge is 0.181 e. The van der Waals surface area contributed by atoms with E-state index in [0.717, 1.165) is 0 Å². The second kappa shape index (κ2) is 7.91. The molecule has 0 saturated heterocycles. The Kier molecular flexibility index (Phi) is 7.65. The minimum atomic E-state index is -0.394. The van der Waals surface area contributed by atoms with Gasteiger partial charge in [-0.15, -0.1) is 0 Å². The molecule has 0 aliphatic carbocycles. The molecule has 0 aromatic heterocycles. The van der Waals surface area contributed by atoms with E-state index >= 15 is 0 Å². The summed E-state index contributed by atoms with van der Waals surface area (Å²) in [7, 11) is 0. The molecule has 0 heterocycles. The molecule has 0 radical (unpaired) electrons. The molecule has 0 fully saturated rings. The molecular formula is C10H20O4. The molecule has 4 nitrogen and oxygen atoms in total. The van der Waals surface area contributed by atoms with E-state index in [-0.39, 0.29) is 25.4 Å². The van der Waals surface area contributed by atoms with Crippen molar-refractivity contribution in [3.05, 3.63) is 0 Å². The standard InChI is InChI=1S/C10H20O4/c1-8(2)13-10(14-9(3)4)7-12-6-5-11/h5,8-10H,6-7H2,1-4H3. The van der Waals surface area contributed by atoms with Gasteiger partial charge in [0.15, 0.2) is 6.29 Å². The van der Waals surface area contributed by atoms with Gasteiger partial charge in [-0.2, -0.15) is 0 Å². The zero-order chi connectivity index (χ0) is 11.0. The van der Waals surface area contributed by atoms with Gasteiger partial charge in [0.05, 0.1) is 18.8 Å². The van der Waals surface area contributed by atoms with Gasteiger partial charge in [-0.3, -0.25) is 0 Å². The van der Waals surface area contributed by atoms with Crippen molar-refractivity contribution in [2.24, 2.45) is 0 Å². The van der Waals surface area contributed by atoms with Crippen LogP contribution in [-0.2, 0) is 19.0 Å². The average molecular weight is 204 g/mol. The zero-order valence-corrected chi connectivity index (χ0v) is 9.36. The molecule has 0 spiro atoms. The largest absolute Gasteiger partial charge is 0.369 e. The highest BCUT2D eigenvalue weighted by atomic mass is 16.7. The molecule has 0 unspecified atom stereocenters. The fourth-order valence-electron chi connectivity index (χ4n) is 0.930. The summed E-state index contributed by atoms with van der Waals surface area (Å²) < 4.78 is 15.9. The van der Waals surface area contributed by atoms with Crippen molar-refractivity contribution in [3.63, 3.8) is 0 Å². The number of aldehydes is 1. The van der Waals surface area contributed by atoms with Crippen LogP contribution in [0.5, 0.6) is 0 Å². The van der Waals surface area contributed by atoms with Crippen molar-refractivity contribution >= 4 is 6.29 Å². The topological polar surface area (TPSA) is 44.8 Å². The normalized spacial score (nSPS) is 11.6. The number of carbonyl (C=O) groups excluding carboxylic acids is 1. The van der Waals surface area contributed by atoms with Gasteiger partial charge < -0.3 is 19.0 Å². The van der Waals surface area contributed by atoms with Crippen molar-refractivity contribution in [3.8, 4) is 0 Å². The Labute approximate surface area is 85.5 Å². The van der Waals surface area contributed by atoms with E-state index < -0.39 is 6.29 Å². The fraction of sp³-hybridized carbons (Fsp3) is 0.900. The predicted octanol–water partition coefficient (Wildman–Crippen LogP) is 1.38. The van der Waals surface area contributed by atoms with Crippen LogP contribution in [0.1, 0.15) is 27.7 Å². The van der Waals surface area contributed by atoms with Crippen LogP contribution in [-0.4, -0.2) is 38.0 Å². The minimum absolute atomic E-state index is 0.0820. The highest BCUT2D eigenvalue weighted by Crippen LogP contribution is 2.04. The summed E-state index contributed by atoms with van der Waals surface area (Å²) in [6.07, 6.45) is 0.481. The molecule has 0 amide bonds. The van der Waals surface area contributed by atoms with Crippen molar-refractivity contribution < 1.29 is 19.0 Å². The summed E-state index contributed by atoms with van der Waals surface area (Å²) in [4.78, 5) is 10.0. The lowest BCUT2D eigenvalue weighted by Gasteiger charge is -2.22. The monoisotopic (exact) mass is 204 g/mol. The summed E-state index contributed by atoms with van der Waals surface area (Å²) in [5.41, 5.74) is 0. The van der Waals surface area contributed by atoms with Gasteiger partial charge in [0.25, 0.3) is 0 Å². The van der Waals surface area contributed by atoms with Crippen LogP contribution in [0, 0.1) is 0 Å². The van der Waals surface area contributed by atoms with Gasteiger partial charge >= 0.3 is 0 Å². The van der Waals surface area contributed by atoms with Gasteiger partial charge in [-0.1, -0.05) is 0 Å². The quantitative estimate of drug-likeness (QED) is 0.340. The number of hydrogen-bond acceptors (Lipinski definition) is 4. The first-order valence-electron chi connectivity index (χ1n) is 4.88. The van der Waals surface area contributed by atoms with Crippen LogP contribution in [0.3, 0.4) is 0 Å². The highest BCUT2D eigenvalue weighted by molar-refractivity contribution is 5.50. The van der Waals surface area contributed by atoms with Gasteiger partial charge in [0.2, 0.25) is 0 Å². The van der Waals surface area contributed by atoms with E-state index in [9.17, 15) is 4.79 Å². The molecule has 0 atom stereocenters.